The standard InChI is InChI=1S/2C10H9ClN2O2.C9H6Cl2N2O.C9H8N2O3.CH3O.Cl3OP.Na/c2*1-14-7-5-3-4-6-8(7)9(15-2)13-10(11)12-6;1-14-6-4-2-3-5-7(6)8(10)13-9(11)12-5;1-14-6-4-2-3-5-7(6)8(12)11-9(13)10-5;1-2;1-5(2,3)4;/h2*3-5H,1-2H3;2-4H,1H3;2-4H,1H3,(H2,10,11,12,13);1H3;;/q;;;;-1;;+1. The van der Waals surface area contributed by atoms with Crippen LogP contribution in [0.4, 0.5) is 0 Å². The van der Waals surface area contributed by atoms with Crippen molar-refractivity contribution >= 4 is 129 Å². The summed E-state index contributed by atoms with van der Waals surface area (Å²) in [7, 11) is 10.0. The molecule has 8 rings (SSSR count). The molecule has 0 saturated heterocycles. The molecule has 0 bridgehead atoms. The summed E-state index contributed by atoms with van der Waals surface area (Å²) in [6, 6.07) is 21.4. The number of benzene rings is 4. The Kier molecular flexibility index (Phi) is 24.8. The minimum atomic E-state index is -3.22. The van der Waals surface area contributed by atoms with Gasteiger partial charge in [0.05, 0.1) is 70.1 Å². The number of nitrogens with one attached hydrogen (secondary N) is 2. The molecule has 0 amide bonds. The van der Waals surface area contributed by atoms with Crippen molar-refractivity contribution in [2.45, 2.75) is 0 Å². The maximum absolute atomic E-state index is 11.4. The van der Waals surface area contributed by atoms with E-state index in [4.69, 9.17) is 79.9 Å². The topological polar surface area (TPSA) is 239 Å². The second-order valence-corrected chi connectivity index (χ2v) is 19.6. The van der Waals surface area contributed by atoms with Crippen LogP contribution in [0, 0.1) is 0 Å². The minimum Gasteiger partial charge on any atom is -0.857 e. The molecular weight excluding hydrogens is 1040 g/mol. The molecule has 8 aromatic rings. The number of ether oxygens (including phenoxy) is 6. The van der Waals surface area contributed by atoms with Gasteiger partial charge in [0, 0.05) is 0 Å². The Balaban J connectivity index is 0.000000287. The molecule has 2 N–H and O–H groups in total. The molecule has 0 fully saturated rings. The third kappa shape index (κ3) is 16.6. The second kappa shape index (κ2) is 28.3. The summed E-state index contributed by atoms with van der Waals surface area (Å²) in [6.07, 6.45) is 0. The van der Waals surface area contributed by atoms with E-state index in [0.29, 0.717) is 72.8 Å². The van der Waals surface area contributed by atoms with Gasteiger partial charge in [-0.15, -0.1) is 0 Å². The molecule has 27 heteroatoms. The molecule has 0 aliphatic heterocycles. The summed E-state index contributed by atoms with van der Waals surface area (Å²) in [5.74, 6) is 3.26. The van der Waals surface area contributed by atoms with Crippen molar-refractivity contribution in [3.8, 4) is 34.8 Å². The Morgan fingerprint density at radius 3 is 1.20 bits per heavy atom. The summed E-state index contributed by atoms with van der Waals surface area (Å²) in [5.41, 5.74) is 1.59. The van der Waals surface area contributed by atoms with Gasteiger partial charge in [0.2, 0.25) is 27.6 Å². The van der Waals surface area contributed by atoms with E-state index in [1.807, 2.05) is 42.5 Å². The summed E-state index contributed by atoms with van der Waals surface area (Å²) < 4.78 is 40.3. The zero-order chi connectivity index (χ0) is 48.4. The summed E-state index contributed by atoms with van der Waals surface area (Å²) in [4.78, 5) is 51.1. The van der Waals surface area contributed by atoms with Gasteiger partial charge in [0.25, 0.3) is 5.56 Å². The first-order valence-electron chi connectivity index (χ1n) is 17.6. The third-order valence-electron chi connectivity index (χ3n) is 7.86. The Labute approximate surface area is 432 Å². The molecule has 0 unspecified atom stereocenters. The van der Waals surface area contributed by atoms with Crippen LogP contribution in [0.25, 0.3) is 43.6 Å². The third-order valence-corrected chi connectivity index (χ3v) is 8.64. The van der Waals surface area contributed by atoms with Crippen molar-refractivity contribution < 1.29 is 67.7 Å². The van der Waals surface area contributed by atoms with Crippen molar-refractivity contribution in [1.29, 1.82) is 0 Å². The summed E-state index contributed by atoms with van der Waals surface area (Å²) >= 11 is 37.0. The van der Waals surface area contributed by atoms with Crippen LogP contribution in [-0.4, -0.2) is 89.6 Å². The van der Waals surface area contributed by atoms with Crippen molar-refractivity contribution in [3.63, 3.8) is 0 Å². The van der Waals surface area contributed by atoms with Crippen molar-refractivity contribution in [2.75, 3.05) is 49.8 Å². The van der Waals surface area contributed by atoms with E-state index in [9.17, 15) is 14.2 Å². The average Bonchev–Trinajstić information content (AvgIpc) is 3.27. The first-order valence-corrected chi connectivity index (χ1v) is 23.5. The zero-order valence-corrected chi connectivity index (χ0v) is 44.0. The SMILES string of the molecule is COc1cccc2[nH]c(=O)[nH]c(=O)c12.COc1cccc2nc(Cl)nc(Cl)c12.COc1cccc2nc(Cl)nc(OC)c12.COc1cccc2nc(Cl)nc(OC)c12.C[O-].O=P(Cl)(Cl)Cl.[Na+]. The predicted molar refractivity (Wildman–Crippen MR) is 254 cm³/mol. The Morgan fingerprint density at radius 2 is 0.818 bits per heavy atom. The molecule has 346 valence electrons. The summed E-state index contributed by atoms with van der Waals surface area (Å²) in [6.45, 7) is 0. The Bertz CT molecular complexity index is 2940. The fourth-order valence-electron chi connectivity index (χ4n) is 5.43. The summed E-state index contributed by atoms with van der Waals surface area (Å²) in [5, 5.41) is 8.28. The number of aromatic nitrogens is 8. The van der Waals surface area contributed by atoms with Crippen molar-refractivity contribution in [2.24, 2.45) is 0 Å². The van der Waals surface area contributed by atoms with Crippen LogP contribution < -0.4 is 74.3 Å². The smallest absolute Gasteiger partial charge is 0.857 e. The first-order chi connectivity index (χ1) is 31.0. The minimum absolute atomic E-state index is 0. The number of aromatic amines is 2. The fourth-order valence-corrected chi connectivity index (χ4v) is 6.25. The molecule has 66 heavy (non-hydrogen) atoms. The van der Waals surface area contributed by atoms with Crippen LogP contribution in [0.3, 0.4) is 0 Å². The predicted octanol–water partition coefficient (Wildman–Crippen LogP) is 6.56. The number of halogens is 7. The average molecular weight is 1080 g/mol. The van der Waals surface area contributed by atoms with Gasteiger partial charge in [-0.25, -0.2) is 24.7 Å². The molecule has 4 aromatic carbocycles. The number of H-pyrrole nitrogens is 2. The van der Waals surface area contributed by atoms with Crippen LogP contribution in [0.5, 0.6) is 34.8 Å². The van der Waals surface area contributed by atoms with Gasteiger partial charge in [-0.3, -0.25) is 14.3 Å². The Morgan fingerprint density at radius 1 is 0.485 bits per heavy atom. The zero-order valence-electron chi connectivity index (χ0n) is 35.8. The van der Waals surface area contributed by atoms with Gasteiger partial charge in [0.15, 0.2) is 0 Å². The largest absolute Gasteiger partial charge is 1.00 e. The second-order valence-electron chi connectivity index (χ2n) is 11.5. The molecule has 0 aliphatic carbocycles. The van der Waals surface area contributed by atoms with E-state index in [0.717, 1.165) is 17.9 Å². The molecule has 18 nitrogen and oxygen atoms in total. The van der Waals surface area contributed by atoms with Gasteiger partial charge in [0.1, 0.15) is 44.3 Å². The number of fused-ring (bicyclic) bond motifs is 4. The number of nitrogens with zero attached hydrogens (tertiary/aromatic N) is 6. The van der Waals surface area contributed by atoms with Crippen molar-refractivity contribution in [3.05, 3.63) is 115 Å². The number of hydrogen-bond acceptors (Lipinski definition) is 16. The number of hydrogen-bond donors (Lipinski definition) is 2. The fraction of sp³-hybridized carbons (Fsp3) is 0.179. The molecule has 0 aliphatic rings. The van der Waals surface area contributed by atoms with Crippen LogP contribution in [0.2, 0.25) is 21.0 Å². The molecule has 0 radical (unpaired) electrons. The Hall–Kier alpha value is -4.14. The van der Waals surface area contributed by atoms with E-state index >= 15 is 0 Å². The van der Waals surface area contributed by atoms with Crippen LogP contribution in [-0.2, 0) is 4.57 Å². The van der Waals surface area contributed by atoms with Crippen LogP contribution in [0.15, 0.2) is 82.4 Å². The number of methoxy groups -OCH3 is 6. The normalized spacial score (nSPS) is 10.1. The molecule has 4 heterocycles. The van der Waals surface area contributed by atoms with Gasteiger partial charge in [-0.1, -0.05) is 35.9 Å². The first kappa shape index (κ1) is 58.0. The molecule has 0 saturated carbocycles. The molecule has 0 spiro atoms. The van der Waals surface area contributed by atoms with Gasteiger partial charge in [-0.05, 0) is 117 Å². The van der Waals surface area contributed by atoms with E-state index in [2.05, 4.69) is 73.6 Å². The van der Waals surface area contributed by atoms with E-state index in [-0.39, 0.29) is 45.4 Å². The van der Waals surface area contributed by atoms with Crippen LogP contribution >= 0.6 is 85.3 Å². The van der Waals surface area contributed by atoms with Crippen LogP contribution in [0.1, 0.15) is 0 Å². The van der Waals surface area contributed by atoms with Crippen molar-refractivity contribution in [1.82, 2.24) is 39.9 Å². The van der Waals surface area contributed by atoms with E-state index < -0.39 is 16.4 Å². The maximum atomic E-state index is 11.4. The van der Waals surface area contributed by atoms with Gasteiger partial charge >= 0.3 is 40.4 Å². The maximum Gasteiger partial charge on any atom is 1.00 e. The van der Waals surface area contributed by atoms with E-state index in [1.54, 1.807) is 51.7 Å². The molecular formula is C39H35Cl7N8NaO10P. The van der Waals surface area contributed by atoms with Gasteiger partial charge in [-0.2, -0.15) is 17.1 Å². The molecule has 4 aromatic heterocycles. The quantitative estimate of drug-likeness (QED) is 0.0776. The number of rotatable bonds is 6. The van der Waals surface area contributed by atoms with Gasteiger partial charge < -0.3 is 38.5 Å². The molecule has 0 atom stereocenters. The van der Waals surface area contributed by atoms with E-state index in [1.165, 1.54) is 21.3 Å². The monoisotopic (exact) mass is 1070 g/mol.